The fraction of sp³-hybridized carbons (Fsp3) is 0.531. The Morgan fingerprint density at radius 1 is 1.05 bits per heavy atom. The topological polar surface area (TPSA) is 117 Å². The molecule has 3 aliphatic heterocycles. The smallest absolute Gasteiger partial charge is 0.246 e. The summed E-state index contributed by atoms with van der Waals surface area (Å²) in [5.41, 5.74) is 0.214. The van der Waals surface area contributed by atoms with Gasteiger partial charge in [0.15, 0.2) is 0 Å². The number of rotatable bonds is 9. The van der Waals surface area contributed by atoms with Gasteiger partial charge in [-0.1, -0.05) is 49.6 Å². The second-order valence-corrected chi connectivity index (χ2v) is 11.7. The normalized spacial score (nSPS) is 29.7. The van der Waals surface area contributed by atoms with E-state index in [1.807, 2.05) is 37.3 Å². The molecule has 0 radical (unpaired) electrons. The van der Waals surface area contributed by atoms with Gasteiger partial charge in [0.1, 0.15) is 17.4 Å². The van der Waals surface area contributed by atoms with E-state index in [0.717, 1.165) is 37.7 Å². The molecular formula is C32H39N3O6. The molecule has 9 heteroatoms. The van der Waals surface area contributed by atoms with Crippen LogP contribution < -0.4 is 15.4 Å². The van der Waals surface area contributed by atoms with Gasteiger partial charge in [0.25, 0.3) is 0 Å². The van der Waals surface area contributed by atoms with Gasteiger partial charge in [0, 0.05) is 11.7 Å². The lowest BCUT2D eigenvalue weighted by Gasteiger charge is -2.38. The summed E-state index contributed by atoms with van der Waals surface area (Å²) in [6, 6.07) is 14.8. The Hall–Kier alpha value is -3.43. The fourth-order valence-electron chi connectivity index (χ4n) is 7.61. The number of nitrogens with one attached hydrogen (secondary N) is 2. The van der Waals surface area contributed by atoms with E-state index in [-0.39, 0.29) is 30.4 Å². The first-order valence-corrected chi connectivity index (χ1v) is 15.0. The van der Waals surface area contributed by atoms with Crippen LogP contribution in [0.2, 0.25) is 0 Å². The summed E-state index contributed by atoms with van der Waals surface area (Å²) in [5.74, 6) is -1.72. The highest BCUT2D eigenvalue weighted by Crippen LogP contribution is 2.59. The maximum atomic E-state index is 14.4. The molecule has 2 bridgehead atoms. The Morgan fingerprint density at radius 3 is 2.46 bits per heavy atom. The zero-order valence-electron chi connectivity index (χ0n) is 23.5. The van der Waals surface area contributed by atoms with Gasteiger partial charge < -0.3 is 30.1 Å². The molecule has 1 aliphatic carbocycles. The number of ether oxygens (including phenoxy) is 2. The van der Waals surface area contributed by atoms with Gasteiger partial charge in [0.05, 0.1) is 37.2 Å². The number of aliphatic hydroxyl groups excluding tert-OH is 1. The van der Waals surface area contributed by atoms with Crippen LogP contribution in [0.1, 0.15) is 63.5 Å². The predicted octanol–water partition coefficient (Wildman–Crippen LogP) is 3.58. The quantitative estimate of drug-likeness (QED) is 0.431. The van der Waals surface area contributed by atoms with Crippen LogP contribution in [0.3, 0.4) is 0 Å². The highest BCUT2D eigenvalue weighted by atomic mass is 16.5. The maximum absolute atomic E-state index is 14.4. The number of hydrogen-bond acceptors (Lipinski definition) is 6. The minimum Gasteiger partial charge on any atom is -0.494 e. The average molecular weight is 562 g/mol. The number of hydrogen-bond donors (Lipinski definition) is 3. The van der Waals surface area contributed by atoms with Crippen LogP contribution in [0.15, 0.2) is 54.6 Å². The third-order valence-electron chi connectivity index (χ3n) is 9.37. The summed E-state index contributed by atoms with van der Waals surface area (Å²) in [7, 11) is 0. The molecule has 9 nitrogen and oxygen atoms in total. The lowest BCUT2D eigenvalue weighted by atomic mass is 9.70. The Kier molecular flexibility index (Phi) is 7.74. The summed E-state index contributed by atoms with van der Waals surface area (Å²) in [6.07, 6.45) is 5.71. The van der Waals surface area contributed by atoms with Gasteiger partial charge in [-0.2, -0.15) is 0 Å². The van der Waals surface area contributed by atoms with Gasteiger partial charge in [0.2, 0.25) is 17.7 Å². The van der Waals surface area contributed by atoms with Crippen molar-refractivity contribution in [1.82, 2.24) is 10.2 Å². The molecule has 2 unspecified atom stereocenters. The molecule has 1 saturated carbocycles. The average Bonchev–Trinajstić information content (AvgIpc) is 3.63. The van der Waals surface area contributed by atoms with Crippen molar-refractivity contribution in [3.63, 3.8) is 0 Å². The van der Waals surface area contributed by atoms with Crippen LogP contribution in [0.5, 0.6) is 5.75 Å². The largest absolute Gasteiger partial charge is 0.494 e. The fourth-order valence-corrected chi connectivity index (χ4v) is 7.61. The number of benzene rings is 2. The van der Waals surface area contributed by atoms with E-state index in [4.69, 9.17) is 9.47 Å². The molecule has 3 heterocycles. The van der Waals surface area contributed by atoms with E-state index in [0.29, 0.717) is 30.9 Å². The molecule has 0 aromatic heterocycles. The minimum absolute atomic E-state index is 0.0466. The number of carbonyl (C=O) groups excluding carboxylic acids is 3. The molecule has 1 spiro atoms. The SMILES string of the molecule is CCOc1ccc(NC(=O)[C@@H]2[C@@H]3CCC4(O3)C(C(=O)NC3CCCCC3)N([C@H](CO)c3ccccc3)C(=O)[C@H]24)cc1. The lowest BCUT2D eigenvalue weighted by Crippen LogP contribution is -2.57. The Bertz CT molecular complexity index is 1260. The molecule has 2 aromatic rings. The van der Waals surface area contributed by atoms with E-state index in [1.54, 1.807) is 24.3 Å². The van der Waals surface area contributed by atoms with Gasteiger partial charge in [-0.05, 0) is 62.4 Å². The lowest BCUT2D eigenvalue weighted by molar-refractivity contribution is -0.145. The molecule has 4 aliphatic rings. The van der Waals surface area contributed by atoms with E-state index in [9.17, 15) is 19.5 Å². The highest BCUT2D eigenvalue weighted by molar-refractivity contribution is 6.02. The maximum Gasteiger partial charge on any atom is 0.246 e. The molecule has 3 saturated heterocycles. The highest BCUT2D eigenvalue weighted by Gasteiger charge is 2.75. The summed E-state index contributed by atoms with van der Waals surface area (Å²) in [4.78, 5) is 43.8. The number of carbonyl (C=O) groups is 3. The van der Waals surface area contributed by atoms with E-state index < -0.39 is 35.6 Å². The monoisotopic (exact) mass is 561 g/mol. The number of nitrogens with zero attached hydrogens (tertiary/aromatic N) is 1. The number of amides is 3. The van der Waals surface area contributed by atoms with Crippen molar-refractivity contribution in [3.8, 4) is 5.75 Å². The molecular weight excluding hydrogens is 522 g/mol. The van der Waals surface area contributed by atoms with Crippen molar-refractivity contribution in [1.29, 1.82) is 0 Å². The van der Waals surface area contributed by atoms with Crippen molar-refractivity contribution in [3.05, 3.63) is 60.2 Å². The minimum atomic E-state index is -1.12. The summed E-state index contributed by atoms with van der Waals surface area (Å²) < 4.78 is 12.1. The van der Waals surface area contributed by atoms with Crippen molar-refractivity contribution < 1.29 is 29.0 Å². The van der Waals surface area contributed by atoms with Crippen LogP contribution in [0.4, 0.5) is 5.69 Å². The molecule has 6 atom stereocenters. The van der Waals surface area contributed by atoms with E-state index >= 15 is 0 Å². The molecule has 41 heavy (non-hydrogen) atoms. The molecule has 3 amide bonds. The van der Waals surface area contributed by atoms with E-state index in [1.165, 1.54) is 4.90 Å². The Labute approximate surface area is 240 Å². The second kappa shape index (κ2) is 11.4. The van der Waals surface area contributed by atoms with Crippen molar-refractivity contribution in [2.75, 3.05) is 18.5 Å². The third-order valence-corrected chi connectivity index (χ3v) is 9.37. The second-order valence-electron chi connectivity index (χ2n) is 11.7. The zero-order valence-corrected chi connectivity index (χ0v) is 23.5. The first-order chi connectivity index (χ1) is 20.0. The summed E-state index contributed by atoms with van der Waals surface area (Å²) in [5, 5.41) is 16.8. The number of likely N-dealkylation sites (tertiary alicyclic amines) is 1. The standard InChI is InChI=1S/C32H39N3O6/c1-2-40-23-15-13-22(14-16-23)33-29(37)26-25-17-18-32(41-25)27(26)31(39)35(24(19-36)20-9-5-3-6-10-20)28(32)30(38)34-21-11-7-4-8-12-21/h3,5-6,9-10,13-16,21,24-28,36H,2,4,7-8,11-12,17-19H2,1H3,(H,33,37)(H,34,38)/t24-,25+,26-,27+,28?,32?/m1/s1. The summed E-state index contributed by atoms with van der Waals surface area (Å²) >= 11 is 0. The molecule has 4 fully saturated rings. The zero-order chi connectivity index (χ0) is 28.6. The van der Waals surface area contributed by atoms with E-state index in [2.05, 4.69) is 10.6 Å². The van der Waals surface area contributed by atoms with Gasteiger partial charge in [-0.3, -0.25) is 14.4 Å². The Balaban J connectivity index is 1.33. The number of fused-ring (bicyclic) bond motifs is 1. The van der Waals surface area contributed by atoms with Gasteiger partial charge in [-0.15, -0.1) is 0 Å². The molecule has 2 aromatic carbocycles. The van der Waals surface area contributed by atoms with Crippen molar-refractivity contribution in [2.45, 2.75) is 81.7 Å². The van der Waals surface area contributed by atoms with Crippen LogP contribution in [0, 0.1) is 11.8 Å². The third kappa shape index (κ3) is 4.89. The van der Waals surface area contributed by atoms with Crippen LogP contribution >= 0.6 is 0 Å². The van der Waals surface area contributed by atoms with Crippen LogP contribution in [-0.4, -0.2) is 64.7 Å². The molecule has 3 N–H and O–H groups in total. The first kappa shape index (κ1) is 27.7. The van der Waals surface area contributed by atoms with Gasteiger partial charge >= 0.3 is 0 Å². The predicted molar refractivity (Wildman–Crippen MR) is 152 cm³/mol. The molecule has 6 rings (SSSR count). The van der Waals surface area contributed by atoms with Gasteiger partial charge in [-0.25, -0.2) is 0 Å². The van der Waals surface area contributed by atoms with Crippen molar-refractivity contribution >= 4 is 23.4 Å². The number of aliphatic hydroxyl groups is 1. The Morgan fingerprint density at radius 2 is 1.78 bits per heavy atom. The van der Waals surface area contributed by atoms with Crippen LogP contribution in [0.25, 0.3) is 0 Å². The summed E-state index contributed by atoms with van der Waals surface area (Å²) in [6.45, 7) is 2.10. The first-order valence-electron chi connectivity index (χ1n) is 15.0. The van der Waals surface area contributed by atoms with Crippen LogP contribution in [-0.2, 0) is 19.1 Å². The van der Waals surface area contributed by atoms with Crippen molar-refractivity contribution in [2.24, 2.45) is 11.8 Å². The number of anilines is 1. The molecule has 218 valence electrons.